The number of fused-ring (bicyclic) bond motifs is 1. The van der Waals surface area contributed by atoms with Crippen molar-refractivity contribution in [3.8, 4) is 0 Å². The minimum Gasteiger partial charge on any atom is -0.466 e. The van der Waals surface area contributed by atoms with Crippen molar-refractivity contribution in [2.45, 2.75) is 91.7 Å². The lowest BCUT2D eigenvalue weighted by Crippen LogP contribution is -2.58. The van der Waals surface area contributed by atoms with Crippen molar-refractivity contribution in [1.29, 1.82) is 0 Å². The molecule has 2 amide bonds. The lowest BCUT2D eigenvalue weighted by Gasteiger charge is -2.38. The summed E-state index contributed by atoms with van der Waals surface area (Å²) in [4.78, 5) is 42.0. The molecule has 1 aliphatic carbocycles. The van der Waals surface area contributed by atoms with Crippen molar-refractivity contribution in [2.75, 3.05) is 13.2 Å². The Balaban J connectivity index is 1.71. The first-order valence-corrected chi connectivity index (χ1v) is 13.4. The number of amides is 2. The molecular weight excluding hydrogens is 484 g/mol. The maximum Gasteiger partial charge on any atom is 0.310 e. The number of halogens is 1. The summed E-state index contributed by atoms with van der Waals surface area (Å²) in [6, 6.07) is -0.989. The molecule has 3 saturated heterocycles. The number of alkyl halides is 1. The molecule has 3 aliphatic heterocycles. The van der Waals surface area contributed by atoms with Crippen molar-refractivity contribution in [1.82, 2.24) is 10.2 Å². The van der Waals surface area contributed by atoms with E-state index in [1.54, 1.807) is 23.6 Å². The molecule has 3 unspecified atom stereocenters. The van der Waals surface area contributed by atoms with Crippen LogP contribution < -0.4 is 5.32 Å². The summed E-state index contributed by atoms with van der Waals surface area (Å²) in [5, 5.41) is 13.2. The number of nitrogens with one attached hydrogen (secondary N) is 1. The van der Waals surface area contributed by atoms with E-state index in [4.69, 9.17) is 4.74 Å². The number of likely N-dealkylation sites (tertiary alicyclic amines) is 1. The molecular formula is C22H33BrN2O5S. The normalized spacial score (nSPS) is 38.3. The Morgan fingerprint density at radius 2 is 2.03 bits per heavy atom. The highest BCUT2D eigenvalue weighted by atomic mass is 79.9. The molecule has 174 valence electrons. The fourth-order valence-corrected chi connectivity index (χ4v) is 9.80. The van der Waals surface area contributed by atoms with Crippen LogP contribution in [0.1, 0.15) is 58.8 Å². The van der Waals surface area contributed by atoms with Crippen LogP contribution in [0.2, 0.25) is 0 Å². The van der Waals surface area contributed by atoms with Crippen molar-refractivity contribution < 1.29 is 24.2 Å². The molecule has 4 fully saturated rings. The molecule has 2 N–H and O–H groups in total. The van der Waals surface area contributed by atoms with Gasteiger partial charge in [-0.25, -0.2) is 0 Å². The van der Waals surface area contributed by atoms with Gasteiger partial charge < -0.3 is 20.1 Å². The Hall–Kier alpha value is -0.800. The lowest BCUT2D eigenvalue weighted by molar-refractivity contribution is -0.154. The number of hydrogen-bond donors (Lipinski definition) is 2. The van der Waals surface area contributed by atoms with Gasteiger partial charge in [-0.05, 0) is 32.6 Å². The van der Waals surface area contributed by atoms with Crippen LogP contribution in [0.25, 0.3) is 0 Å². The van der Waals surface area contributed by atoms with Crippen molar-refractivity contribution in [2.24, 2.45) is 11.8 Å². The Morgan fingerprint density at radius 1 is 1.32 bits per heavy atom. The Bertz CT molecular complexity index is 729. The Kier molecular flexibility index (Phi) is 6.94. The van der Waals surface area contributed by atoms with Gasteiger partial charge in [0, 0.05) is 16.1 Å². The fourth-order valence-electron chi connectivity index (χ4n) is 6.21. The van der Waals surface area contributed by atoms with Gasteiger partial charge in [0.15, 0.2) is 0 Å². The molecule has 0 radical (unpaired) electrons. The zero-order valence-electron chi connectivity index (χ0n) is 18.2. The van der Waals surface area contributed by atoms with E-state index in [-0.39, 0.29) is 47.1 Å². The Morgan fingerprint density at radius 3 is 2.65 bits per heavy atom. The largest absolute Gasteiger partial charge is 0.466 e. The maximum atomic E-state index is 13.8. The van der Waals surface area contributed by atoms with Crippen LogP contribution in [-0.2, 0) is 19.1 Å². The number of hydrogen-bond acceptors (Lipinski definition) is 6. The summed E-state index contributed by atoms with van der Waals surface area (Å²) in [6.45, 7) is 3.74. The van der Waals surface area contributed by atoms with E-state index in [1.807, 2.05) is 6.92 Å². The topological polar surface area (TPSA) is 95.9 Å². The summed E-state index contributed by atoms with van der Waals surface area (Å²) in [5.41, 5.74) is 0. The fraction of sp³-hybridized carbons (Fsp3) is 0.864. The smallest absolute Gasteiger partial charge is 0.310 e. The predicted molar refractivity (Wildman–Crippen MR) is 122 cm³/mol. The van der Waals surface area contributed by atoms with Gasteiger partial charge in [-0.1, -0.05) is 42.1 Å². The molecule has 7 nitrogen and oxygen atoms in total. The number of esters is 1. The molecule has 1 spiro atoms. The molecule has 2 bridgehead atoms. The molecule has 3 heterocycles. The van der Waals surface area contributed by atoms with E-state index in [1.165, 1.54) is 6.42 Å². The quantitative estimate of drug-likeness (QED) is 0.397. The molecule has 7 atom stereocenters. The van der Waals surface area contributed by atoms with Gasteiger partial charge >= 0.3 is 5.97 Å². The second-order valence-corrected chi connectivity index (χ2v) is 12.0. The van der Waals surface area contributed by atoms with Crippen LogP contribution in [-0.4, -0.2) is 74.0 Å². The van der Waals surface area contributed by atoms with E-state index in [0.29, 0.717) is 12.8 Å². The maximum absolute atomic E-state index is 13.8. The van der Waals surface area contributed by atoms with Crippen molar-refractivity contribution in [3.05, 3.63) is 0 Å². The highest BCUT2D eigenvalue weighted by Crippen LogP contribution is 2.68. The van der Waals surface area contributed by atoms with E-state index in [2.05, 4.69) is 21.2 Å². The number of aliphatic hydroxyl groups excluding tert-OH is 1. The van der Waals surface area contributed by atoms with Crippen LogP contribution in [0.4, 0.5) is 0 Å². The molecule has 4 aliphatic rings. The van der Waals surface area contributed by atoms with Crippen LogP contribution in [0, 0.1) is 11.8 Å². The SMILES string of the molecule is CCOC(=O)[C@H]1[C@@H]2SC3(CC2Br)C(C(=O)NC2CCCCC2)N([C@@H](CC)CO)C(=O)[C@H]13. The Labute approximate surface area is 196 Å². The van der Waals surface area contributed by atoms with Crippen LogP contribution in [0.5, 0.6) is 0 Å². The average molecular weight is 517 g/mol. The van der Waals surface area contributed by atoms with Gasteiger partial charge in [-0.2, -0.15) is 0 Å². The summed E-state index contributed by atoms with van der Waals surface area (Å²) in [5.74, 6) is -1.82. The highest BCUT2D eigenvalue weighted by molar-refractivity contribution is 9.09. The van der Waals surface area contributed by atoms with E-state index < -0.39 is 28.7 Å². The van der Waals surface area contributed by atoms with Crippen LogP contribution in [0.15, 0.2) is 0 Å². The third-order valence-corrected chi connectivity index (χ3v) is 10.8. The van der Waals surface area contributed by atoms with Gasteiger partial charge in [0.25, 0.3) is 0 Å². The minimum absolute atomic E-state index is 0.0371. The van der Waals surface area contributed by atoms with E-state index in [9.17, 15) is 19.5 Å². The van der Waals surface area contributed by atoms with E-state index >= 15 is 0 Å². The van der Waals surface area contributed by atoms with E-state index in [0.717, 1.165) is 25.7 Å². The molecule has 1 saturated carbocycles. The standard InChI is InChI=1S/C22H33BrN2O5S/c1-3-13(11-26)25-18(19(27)24-12-8-6-5-7-9-12)22-10-14(23)17(31-22)15(16(22)20(25)28)21(29)30-4-2/h12-18,26H,3-11H2,1-2H3,(H,24,27)/t13-,14?,15+,16-,17+,18?,22?/m0/s1. The predicted octanol–water partition coefficient (Wildman–Crippen LogP) is 2.23. The van der Waals surface area contributed by atoms with Gasteiger partial charge in [0.05, 0.1) is 35.8 Å². The number of carbonyl (C=O) groups excluding carboxylic acids is 3. The lowest BCUT2D eigenvalue weighted by atomic mass is 9.71. The average Bonchev–Trinajstić information content (AvgIpc) is 3.34. The molecule has 0 aromatic heterocycles. The third kappa shape index (κ3) is 3.72. The van der Waals surface area contributed by atoms with Gasteiger partial charge in [-0.3, -0.25) is 14.4 Å². The summed E-state index contributed by atoms with van der Waals surface area (Å²) in [7, 11) is 0. The molecule has 31 heavy (non-hydrogen) atoms. The first kappa shape index (κ1) is 23.4. The van der Waals surface area contributed by atoms with Crippen molar-refractivity contribution in [3.63, 3.8) is 0 Å². The van der Waals surface area contributed by atoms with Crippen molar-refractivity contribution >= 4 is 45.5 Å². The second-order valence-electron chi connectivity index (χ2n) is 9.25. The molecule has 0 aromatic carbocycles. The van der Waals surface area contributed by atoms with Crippen LogP contribution in [0.3, 0.4) is 0 Å². The highest BCUT2D eigenvalue weighted by Gasteiger charge is 2.76. The summed E-state index contributed by atoms with van der Waals surface area (Å²) in [6.07, 6.45) is 6.52. The van der Waals surface area contributed by atoms with Gasteiger partial charge in [0.1, 0.15) is 6.04 Å². The third-order valence-electron chi connectivity index (χ3n) is 7.56. The molecule has 9 heteroatoms. The molecule has 4 rings (SSSR count). The second kappa shape index (κ2) is 9.21. The number of aliphatic hydroxyl groups is 1. The first-order chi connectivity index (χ1) is 14.9. The number of rotatable bonds is 7. The summed E-state index contributed by atoms with van der Waals surface area (Å²) >= 11 is 5.34. The first-order valence-electron chi connectivity index (χ1n) is 11.6. The number of ether oxygens (including phenoxy) is 1. The number of nitrogens with zero attached hydrogens (tertiary/aromatic N) is 1. The minimum atomic E-state index is -0.682. The van der Waals surface area contributed by atoms with Gasteiger partial charge in [-0.15, -0.1) is 11.8 Å². The summed E-state index contributed by atoms with van der Waals surface area (Å²) < 4.78 is 4.68. The zero-order chi connectivity index (χ0) is 22.3. The molecule has 0 aromatic rings. The number of thioether (sulfide) groups is 1. The monoisotopic (exact) mass is 516 g/mol. The van der Waals surface area contributed by atoms with Crippen LogP contribution >= 0.6 is 27.7 Å². The zero-order valence-corrected chi connectivity index (χ0v) is 20.6. The van der Waals surface area contributed by atoms with Gasteiger partial charge in [0.2, 0.25) is 11.8 Å². The number of carbonyl (C=O) groups is 3.